The molecule has 1 fully saturated rings. The van der Waals surface area contributed by atoms with Crippen LogP contribution in [0, 0.1) is 17.2 Å². The van der Waals surface area contributed by atoms with Crippen LogP contribution in [0.25, 0.3) is 0 Å². The average molecular weight is 271 g/mol. The molecule has 0 atom stereocenters. The highest BCUT2D eigenvalue weighted by Crippen LogP contribution is 2.15. The Bertz CT molecular complexity index is 425. The predicted octanol–water partition coefficient (Wildman–Crippen LogP) is 2.77. The van der Waals surface area contributed by atoms with Crippen LogP contribution in [0.3, 0.4) is 0 Å². The quantitative estimate of drug-likeness (QED) is 0.809. The van der Waals surface area contributed by atoms with Crippen LogP contribution in [0.15, 0.2) is 24.3 Å². The summed E-state index contributed by atoms with van der Waals surface area (Å²) in [6.45, 7) is 8.08. The van der Waals surface area contributed by atoms with Crippen molar-refractivity contribution in [3.8, 4) is 6.07 Å². The molecule has 1 saturated heterocycles. The fourth-order valence-corrected chi connectivity index (χ4v) is 2.64. The number of rotatable bonds is 6. The molecule has 20 heavy (non-hydrogen) atoms. The molecule has 1 N–H and O–H groups in total. The number of nitrogens with zero attached hydrogens (tertiary/aromatic N) is 2. The monoisotopic (exact) mass is 271 g/mol. The van der Waals surface area contributed by atoms with Crippen molar-refractivity contribution in [2.45, 2.75) is 32.7 Å². The summed E-state index contributed by atoms with van der Waals surface area (Å²) < 4.78 is 0. The molecule has 1 aromatic carbocycles. The molecule has 0 amide bonds. The zero-order valence-corrected chi connectivity index (χ0v) is 12.4. The second-order valence-corrected chi connectivity index (χ2v) is 5.86. The summed E-state index contributed by atoms with van der Waals surface area (Å²) >= 11 is 0. The van der Waals surface area contributed by atoms with Crippen molar-refractivity contribution in [2.24, 2.45) is 5.92 Å². The first kappa shape index (κ1) is 15.0. The lowest BCUT2D eigenvalue weighted by atomic mass is 9.99. The Kier molecular flexibility index (Phi) is 6.04. The van der Waals surface area contributed by atoms with Gasteiger partial charge in [0, 0.05) is 6.54 Å². The van der Waals surface area contributed by atoms with E-state index < -0.39 is 0 Å². The van der Waals surface area contributed by atoms with E-state index in [1.54, 1.807) is 0 Å². The summed E-state index contributed by atoms with van der Waals surface area (Å²) in [7, 11) is 0. The van der Waals surface area contributed by atoms with Crippen LogP contribution in [-0.4, -0.2) is 31.1 Å². The predicted molar refractivity (Wildman–Crippen MR) is 82.3 cm³/mol. The molecule has 0 saturated carbocycles. The lowest BCUT2D eigenvalue weighted by Gasteiger charge is -2.30. The van der Waals surface area contributed by atoms with Crippen LogP contribution in [0.5, 0.6) is 0 Å². The third-order valence-electron chi connectivity index (χ3n) is 4.12. The van der Waals surface area contributed by atoms with Crippen LogP contribution < -0.4 is 5.32 Å². The van der Waals surface area contributed by atoms with E-state index in [4.69, 9.17) is 5.26 Å². The van der Waals surface area contributed by atoms with Gasteiger partial charge >= 0.3 is 0 Å². The molecule has 0 aliphatic carbocycles. The second kappa shape index (κ2) is 8.04. The Morgan fingerprint density at radius 2 is 1.95 bits per heavy atom. The third kappa shape index (κ3) is 4.96. The minimum absolute atomic E-state index is 0.730. The van der Waals surface area contributed by atoms with Gasteiger partial charge in [0.15, 0.2) is 0 Å². The van der Waals surface area contributed by atoms with E-state index in [0.717, 1.165) is 24.6 Å². The highest BCUT2D eigenvalue weighted by Gasteiger charge is 2.14. The summed E-state index contributed by atoms with van der Waals surface area (Å²) in [4.78, 5) is 2.59. The maximum Gasteiger partial charge on any atom is 0.0991 e. The van der Waals surface area contributed by atoms with Crippen molar-refractivity contribution >= 4 is 0 Å². The highest BCUT2D eigenvalue weighted by molar-refractivity contribution is 5.31. The number of nitriles is 1. The van der Waals surface area contributed by atoms with Gasteiger partial charge in [-0.15, -0.1) is 0 Å². The molecule has 1 aromatic rings. The summed E-state index contributed by atoms with van der Waals surface area (Å²) in [5, 5.41) is 12.2. The van der Waals surface area contributed by atoms with Crippen LogP contribution >= 0.6 is 0 Å². The Balaban J connectivity index is 1.56. The van der Waals surface area contributed by atoms with Gasteiger partial charge in [-0.1, -0.05) is 19.1 Å². The molecule has 1 heterocycles. The maximum atomic E-state index is 8.74. The molecule has 3 heteroatoms. The van der Waals surface area contributed by atoms with E-state index >= 15 is 0 Å². The van der Waals surface area contributed by atoms with Gasteiger partial charge in [-0.25, -0.2) is 0 Å². The van der Waals surface area contributed by atoms with E-state index in [0.29, 0.717) is 0 Å². The zero-order valence-electron chi connectivity index (χ0n) is 12.4. The molecule has 1 aliphatic heterocycles. The van der Waals surface area contributed by atoms with Crippen molar-refractivity contribution in [3.63, 3.8) is 0 Å². The molecule has 0 aromatic heterocycles. The molecule has 108 valence electrons. The lowest BCUT2D eigenvalue weighted by Crippen LogP contribution is -2.34. The number of piperidine rings is 1. The normalized spacial score (nSPS) is 17.0. The second-order valence-electron chi connectivity index (χ2n) is 5.86. The van der Waals surface area contributed by atoms with Gasteiger partial charge in [0.1, 0.15) is 0 Å². The summed E-state index contributed by atoms with van der Waals surface area (Å²) in [6, 6.07) is 9.96. The number of likely N-dealkylation sites (tertiary alicyclic amines) is 1. The number of hydrogen-bond acceptors (Lipinski definition) is 3. The largest absolute Gasteiger partial charge is 0.313 e. The van der Waals surface area contributed by atoms with Crippen LogP contribution in [0.2, 0.25) is 0 Å². The van der Waals surface area contributed by atoms with Gasteiger partial charge < -0.3 is 10.2 Å². The Morgan fingerprint density at radius 1 is 1.25 bits per heavy atom. The summed E-state index contributed by atoms with van der Waals surface area (Å²) in [5.41, 5.74) is 1.98. The first-order chi connectivity index (χ1) is 9.78. The van der Waals surface area contributed by atoms with Gasteiger partial charge in [-0.2, -0.15) is 5.26 Å². The molecule has 0 unspecified atom stereocenters. The Hall–Kier alpha value is -1.37. The Labute approximate surface area is 122 Å². The molecule has 1 aliphatic rings. The third-order valence-corrected chi connectivity index (χ3v) is 4.12. The minimum Gasteiger partial charge on any atom is -0.313 e. The van der Waals surface area contributed by atoms with E-state index in [-0.39, 0.29) is 0 Å². The van der Waals surface area contributed by atoms with Crippen molar-refractivity contribution < 1.29 is 0 Å². The van der Waals surface area contributed by atoms with Gasteiger partial charge in [0.2, 0.25) is 0 Å². The number of benzene rings is 1. The van der Waals surface area contributed by atoms with Crippen molar-refractivity contribution in [3.05, 3.63) is 35.4 Å². The van der Waals surface area contributed by atoms with Crippen LogP contribution in [-0.2, 0) is 6.54 Å². The van der Waals surface area contributed by atoms with Gasteiger partial charge in [-0.3, -0.25) is 0 Å². The zero-order chi connectivity index (χ0) is 14.2. The smallest absolute Gasteiger partial charge is 0.0991 e. The molecule has 0 spiro atoms. The molecule has 2 rings (SSSR count). The topological polar surface area (TPSA) is 39.1 Å². The maximum absolute atomic E-state index is 8.74. The molecular weight excluding hydrogens is 246 g/mol. The first-order valence-corrected chi connectivity index (χ1v) is 7.70. The van der Waals surface area contributed by atoms with E-state index in [2.05, 4.69) is 23.2 Å². The van der Waals surface area contributed by atoms with E-state index in [9.17, 15) is 0 Å². The van der Waals surface area contributed by atoms with Crippen LogP contribution in [0.1, 0.15) is 37.3 Å². The van der Waals surface area contributed by atoms with Gasteiger partial charge in [0.25, 0.3) is 0 Å². The van der Waals surface area contributed by atoms with Crippen molar-refractivity contribution in [1.29, 1.82) is 5.26 Å². The molecule has 0 radical (unpaired) electrons. The van der Waals surface area contributed by atoms with Crippen molar-refractivity contribution in [1.82, 2.24) is 10.2 Å². The van der Waals surface area contributed by atoms with Gasteiger partial charge in [-0.05, 0) is 69.1 Å². The lowest BCUT2D eigenvalue weighted by molar-refractivity contribution is 0.190. The Morgan fingerprint density at radius 3 is 2.60 bits per heavy atom. The number of nitrogens with one attached hydrogen (secondary N) is 1. The highest BCUT2D eigenvalue weighted by atomic mass is 15.1. The molecule has 3 nitrogen and oxygen atoms in total. The van der Waals surface area contributed by atoms with Crippen LogP contribution in [0.4, 0.5) is 0 Å². The fourth-order valence-electron chi connectivity index (χ4n) is 2.64. The standard InChI is InChI=1S/C17H25N3/c1-15-7-11-20(12-8-15)10-2-9-19-14-17-5-3-16(13-18)4-6-17/h3-6,15,19H,2,7-12,14H2,1H3. The summed E-state index contributed by atoms with van der Waals surface area (Å²) in [5.74, 6) is 0.917. The summed E-state index contributed by atoms with van der Waals surface area (Å²) in [6.07, 6.45) is 3.93. The van der Waals surface area contributed by atoms with Crippen molar-refractivity contribution in [2.75, 3.05) is 26.2 Å². The first-order valence-electron chi connectivity index (χ1n) is 7.70. The van der Waals surface area contributed by atoms with E-state index in [1.807, 2.05) is 24.3 Å². The average Bonchev–Trinajstić information content (AvgIpc) is 2.49. The van der Waals surface area contributed by atoms with E-state index in [1.165, 1.54) is 44.5 Å². The SMILES string of the molecule is CC1CCN(CCCNCc2ccc(C#N)cc2)CC1. The van der Waals surface area contributed by atoms with Gasteiger partial charge in [0.05, 0.1) is 11.6 Å². The molecular formula is C17H25N3. The number of hydrogen-bond donors (Lipinski definition) is 1. The fraction of sp³-hybridized carbons (Fsp3) is 0.588. The minimum atomic E-state index is 0.730. The molecule has 0 bridgehead atoms.